The number of hydrogen-bond donors (Lipinski definition) is 0. The summed E-state index contributed by atoms with van der Waals surface area (Å²) in [6.07, 6.45) is 1.03. The maximum Gasteiger partial charge on any atom is 0.312 e. The van der Waals surface area contributed by atoms with Gasteiger partial charge >= 0.3 is 5.97 Å². The van der Waals surface area contributed by atoms with E-state index in [0.717, 1.165) is 28.5 Å². The van der Waals surface area contributed by atoms with Crippen molar-refractivity contribution < 1.29 is 9.53 Å². The molecule has 3 rings (SSSR count). The maximum absolute atomic E-state index is 12.1. The number of esters is 1. The van der Waals surface area contributed by atoms with E-state index in [-0.39, 0.29) is 19.0 Å². The minimum atomic E-state index is -0.323. The summed E-state index contributed by atoms with van der Waals surface area (Å²) in [7, 11) is 0. The Bertz CT molecular complexity index is 874. The number of aromatic nitrogens is 3. The van der Waals surface area contributed by atoms with Gasteiger partial charge in [-0.25, -0.2) is 9.67 Å². The first-order valence-electron chi connectivity index (χ1n) is 7.96. The van der Waals surface area contributed by atoms with Crippen LogP contribution >= 0.6 is 22.9 Å². The Labute approximate surface area is 155 Å². The third kappa shape index (κ3) is 4.08. The summed E-state index contributed by atoms with van der Waals surface area (Å²) in [4.78, 5) is 16.4. The average Bonchev–Trinajstić information content (AvgIpc) is 3.18. The minimum Gasteiger partial charge on any atom is -0.460 e. The number of thiazole rings is 1. The van der Waals surface area contributed by atoms with Gasteiger partial charge in [-0.1, -0.05) is 36.7 Å². The molecule has 0 saturated heterocycles. The molecule has 7 heteroatoms. The highest BCUT2D eigenvalue weighted by atomic mass is 35.5. The van der Waals surface area contributed by atoms with Crippen molar-refractivity contribution in [1.29, 1.82) is 0 Å². The summed E-state index contributed by atoms with van der Waals surface area (Å²) in [6.45, 7) is 3.99. The molecule has 0 spiro atoms. The Morgan fingerprint density at radius 1 is 1.32 bits per heavy atom. The third-order valence-corrected chi connectivity index (χ3v) is 5.16. The van der Waals surface area contributed by atoms with Crippen molar-refractivity contribution in [2.24, 2.45) is 0 Å². The van der Waals surface area contributed by atoms with Crippen LogP contribution in [0.1, 0.15) is 28.9 Å². The summed E-state index contributed by atoms with van der Waals surface area (Å²) in [5, 5.41) is 7.81. The van der Waals surface area contributed by atoms with E-state index in [2.05, 4.69) is 10.1 Å². The van der Waals surface area contributed by atoms with E-state index in [1.54, 1.807) is 16.0 Å². The largest absolute Gasteiger partial charge is 0.460 e. The van der Waals surface area contributed by atoms with Crippen molar-refractivity contribution >= 4 is 28.9 Å². The molecule has 0 saturated carbocycles. The number of carbonyl (C=O) groups is 1. The van der Waals surface area contributed by atoms with E-state index in [1.807, 2.05) is 49.6 Å². The first kappa shape index (κ1) is 17.6. The third-order valence-electron chi connectivity index (χ3n) is 3.73. The highest BCUT2D eigenvalue weighted by Crippen LogP contribution is 2.24. The van der Waals surface area contributed by atoms with Crippen LogP contribution in [0.5, 0.6) is 0 Å². The highest BCUT2D eigenvalue weighted by molar-refractivity contribution is 7.09. The molecular formula is C18H18ClN3O2S. The predicted molar refractivity (Wildman–Crippen MR) is 98.3 cm³/mol. The molecule has 25 heavy (non-hydrogen) atoms. The van der Waals surface area contributed by atoms with E-state index < -0.39 is 0 Å². The molecule has 0 bridgehead atoms. The molecule has 130 valence electrons. The van der Waals surface area contributed by atoms with E-state index in [4.69, 9.17) is 16.3 Å². The van der Waals surface area contributed by atoms with Gasteiger partial charge in [-0.15, -0.1) is 11.3 Å². The summed E-state index contributed by atoms with van der Waals surface area (Å²) in [6, 6.07) is 9.60. The molecule has 0 fully saturated rings. The number of rotatable bonds is 6. The molecule has 0 aliphatic rings. The highest BCUT2D eigenvalue weighted by Gasteiger charge is 2.17. The Morgan fingerprint density at radius 3 is 2.76 bits per heavy atom. The first-order chi connectivity index (χ1) is 12.1. The van der Waals surface area contributed by atoms with Gasteiger partial charge in [0.2, 0.25) is 0 Å². The molecule has 0 aliphatic carbocycles. The van der Waals surface area contributed by atoms with Gasteiger partial charge in [-0.3, -0.25) is 4.79 Å². The lowest BCUT2D eigenvalue weighted by atomic mass is 10.3. The molecule has 0 atom stereocenters. The van der Waals surface area contributed by atoms with Crippen LogP contribution in [0.4, 0.5) is 0 Å². The van der Waals surface area contributed by atoms with Gasteiger partial charge in [0.05, 0.1) is 28.5 Å². The maximum atomic E-state index is 12.1. The second-order valence-electron chi connectivity index (χ2n) is 5.53. The van der Waals surface area contributed by atoms with Crippen molar-refractivity contribution in [1.82, 2.24) is 14.8 Å². The van der Waals surface area contributed by atoms with Gasteiger partial charge in [-0.2, -0.15) is 5.10 Å². The number of aryl methyl sites for hydroxylation is 2. The van der Waals surface area contributed by atoms with Gasteiger partial charge < -0.3 is 4.74 Å². The fraction of sp³-hybridized carbons (Fsp3) is 0.278. The van der Waals surface area contributed by atoms with Crippen LogP contribution in [0.15, 0.2) is 35.7 Å². The Morgan fingerprint density at radius 2 is 2.08 bits per heavy atom. The van der Waals surface area contributed by atoms with Crippen molar-refractivity contribution in [3.8, 4) is 5.69 Å². The van der Waals surface area contributed by atoms with E-state index in [9.17, 15) is 4.79 Å². The van der Waals surface area contributed by atoms with Gasteiger partial charge in [0.15, 0.2) is 0 Å². The smallest absolute Gasteiger partial charge is 0.312 e. The van der Waals surface area contributed by atoms with Crippen LogP contribution < -0.4 is 0 Å². The lowest BCUT2D eigenvalue weighted by molar-refractivity contribution is -0.144. The van der Waals surface area contributed by atoms with E-state index in [0.29, 0.717) is 10.7 Å². The molecule has 5 nitrogen and oxygen atoms in total. The number of carbonyl (C=O) groups excluding carboxylic acids is 1. The molecule has 0 unspecified atom stereocenters. The van der Waals surface area contributed by atoms with Crippen LogP contribution in [0.3, 0.4) is 0 Å². The van der Waals surface area contributed by atoms with Crippen molar-refractivity contribution in [2.45, 2.75) is 33.3 Å². The van der Waals surface area contributed by atoms with Crippen molar-refractivity contribution in [3.63, 3.8) is 0 Å². The minimum absolute atomic E-state index is 0.0983. The molecule has 0 radical (unpaired) electrons. The number of hydrogen-bond acceptors (Lipinski definition) is 5. The van der Waals surface area contributed by atoms with Gasteiger partial charge in [0.25, 0.3) is 0 Å². The molecule has 0 amide bonds. The lowest BCUT2D eigenvalue weighted by Gasteiger charge is -2.05. The molecule has 3 aromatic rings. The van der Waals surface area contributed by atoms with E-state index in [1.165, 1.54) is 0 Å². The molecule has 1 aromatic carbocycles. The Kier molecular flexibility index (Phi) is 5.50. The van der Waals surface area contributed by atoms with Crippen molar-refractivity contribution in [2.75, 3.05) is 0 Å². The van der Waals surface area contributed by atoms with Crippen molar-refractivity contribution in [3.05, 3.63) is 62.8 Å². The summed E-state index contributed by atoms with van der Waals surface area (Å²) in [5.74, 6) is -0.323. The number of nitrogens with zero attached hydrogens (tertiary/aromatic N) is 3. The summed E-state index contributed by atoms with van der Waals surface area (Å²) >= 11 is 7.99. The first-order valence-corrected chi connectivity index (χ1v) is 9.22. The molecular weight excluding hydrogens is 358 g/mol. The molecule has 0 aliphatic heterocycles. The normalized spacial score (nSPS) is 10.8. The second-order valence-corrected chi connectivity index (χ2v) is 6.83. The lowest BCUT2D eigenvalue weighted by Crippen LogP contribution is -2.09. The van der Waals surface area contributed by atoms with Gasteiger partial charge in [-0.05, 0) is 25.5 Å². The zero-order chi connectivity index (χ0) is 17.8. The summed E-state index contributed by atoms with van der Waals surface area (Å²) < 4.78 is 7.02. The van der Waals surface area contributed by atoms with Crippen LogP contribution in [0, 0.1) is 6.92 Å². The van der Waals surface area contributed by atoms with E-state index >= 15 is 0 Å². The molecule has 2 heterocycles. The van der Waals surface area contributed by atoms with Gasteiger partial charge in [0, 0.05) is 10.9 Å². The average molecular weight is 376 g/mol. The van der Waals surface area contributed by atoms with Crippen LogP contribution in [0.25, 0.3) is 5.69 Å². The van der Waals surface area contributed by atoms with Crippen LogP contribution in [0.2, 0.25) is 5.15 Å². The zero-order valence-electron chi connectivity index (χ0n) is 14.0. The Balaban J connectivity index is 1.67. The SMILES string of the molecule is CCc1nc(CC(=O)OCc2c(C)nn(-c3ccccc3)c2Cl)cs1. The fourth-order valence-corrected chi connectivity index (χ4v) is 3.45. The van der Waals surface area contributed by atoms with Gasteiger partial charge in [0.1, 0.15) is 11.8 Å². The molecule has 0 N–H and O–H groups in total. The number of para-hydroxylation sites is 1. The second kappa shape index (κ2) is 7.80. The Hall–Kier alpha value is -2.18. The van der Waals surface area contributed by atoms with Crippen LogP contribution in [-0.2, 0) is 29.0 Å². The zero-order valence-corrected chi connectivity index (χ0v) is 15.6. The number of benzene rings is 1. The summed E-state index contributed by atoms with van der Waals surface area (Å²) in [5.41, 5.74) is 3.06. The van der Waals surface area contributed by atoms with Crippen LogP contribution in [-0.4, -0.2) is 20.7 Å². The standard InChI is InChI=1S/C18H18ClN3O2S/c1-3-16-20-13(11-25-16)9-17(23)24-10-15-12(2)21-22(18(15)19)14-7-5-4-6-8-14/h4-8,11H,3,9-10H2,1-2H3. The molecule has 2 aromatic heterocycles. The number of ether oxygens (including phenoxy) is 1. The fourth-order valence-electron chi connectivity index (χ4n) is 2.38. The topological polar surface area (TPSA) is 57.0 Å². The monoisotopic (exact) mass is 375 g/mol. The predicted octanol–water partition coefficient (Wildman–Crippen LogP) is 4.14. The quantitative estimate of drug-likeness (QED) is 0.607. The number of halogens is 1.